The van der Waals surface area contributed by atoms with Gasteiger partial charge in [0.05, 0.1) is 10.6 Å². The molecule has 1 aromatic rings. The molecule has 22 heavy (non-hydrogen) atoms. The zero-order valence-corrected chi connectivity index (χ0v) is 14.3. The van der Waals surface area contributed by atoms with Crippen molar-refractivity contribution in [3.63, 3.8) is 0 Å². The van der Waals surface area contributed by atoms with Crippen molar-refractivity contribution in [2.75, 3.05) is 30.3 Å². The summed E-state index contributed by atoms with van der Waals surface area (Å²) in [6, 6.07) is 5.18. The smallest absolute Gasteiger partial charge is 0.243 e. The normalized spacial score (nSPS) is 19.8. The molecule has 2 heterocycles. The Bertz CT molecular complexity index is 682. The number of fused-ring (bicyclic) bond motifs is 1. The molecule has 0 spiro atoms. The Morgan fingerprint density at radius 2 is 1.86 bits per heavy atom. The standard InChI is InChI=1S/C15H20N2O3S2/c1-12(18)17-9-4-10-21-15-6-5-13(11-14(15)17)22(19,20)16-7-2-3-8-16/h5-6,11H,2-4,7-10H2,1H3. The van der Waals surface area contributed by atoms with Crippen molar-refractivity contribution in [3.05, 3.63) is 18.2 Å². The van der Waals surface area contributed by atoms with Crippen LogP contribution in [0.3, 0.4) is 0 Å². The maximum Gasteiger partial charge on any atom is 0.243 e. The predicted molar refractivity (Wildman–Crippen MR) is 87.8 cm³/mol. The number of carbonyl (C=O) groups excluding carboxylic acids is 1. The van der Waals surface area contributed by atoms with E-state index in [9.17, 15) is 13.2 Å². The average Bonchev–Trinajstić information content (AvgIpc) is 2.94. The van der Waals surface area contributed by atoms with Gasteiger partial charge in [0.25, 0.3) is 0 Å². The van der Waals surface area contributed by atoms with Gasteiger partial charge in [-0.3, -0.25) is 4.79 Å². The summed E-state index contributed by atoms with van der Waals surface area (Å²) in [7, 11) is -3.45. The molecule has 1 saturated heterocycles. The summed E-state index contributed by atoms with van der Waals surface area (Å²) in [4.78, 5) is 14.9. The number of hydrogen-bond donors (Lipinski definition) is 0. The lowest BCUT2D eigenvalue weighted by molar-refractivity contribution is -0.116. The van der Waals surface area contributed by atoms with Gasteiger partial charge < -0.3 is 4.90 Å². The monoisotopic (exact) mass is 340 g/mol. The first-order chi connectivity index (χ1) is 10.5. The lowest BCUT2D eigenvalue weighted by atomic mass is 10.2. The molecular weight excluding hydrogens is 320 g/mol. The molecule has 5 nitrogen and oxygen atoms in total. The van der Waals surface area contributed by atoms with E-state index in [2.05, 4.69) is 0 Å². The summed E-state index contributed by atoms with van der Waals surface area (Å²) in [6.07, 6.45) is 2.74. The van der Waals surface area contributed by atoms with Crippen LogP contribution in [-0.2, 0) is 14.8 Å². The van der Waals surface area contributed by atoms with Crippen molar-refractivity contribution in [2.45, 2.75) is 36.0 Å². The first kappa shape index (κ1) is 15.8. The molecule has 3 rings (SSSR count). The van der Waals surface area contributed by atoms with Gasteiger partial charge in [-0.15, -0.1) is 11.8 Å². The quantitative estimate of drug-likeness (QED) is 0.829. The van der Waals surface area contributed by atoms with Crippen LogP contribution in [0, 0.1) is 0 Å². The molecule has 0 atom stereocenters. The molecule has 120 valence electrons. The molecule has 0 bridgehead atoms. The van der Waals surface area contributed by atoms with Crippen LogP contribution in [0.25, 0.3) is 0 Å². The molecule has 0 aromatic heterocycles. The first-order valence-electron chi connectivity index (χ1n) is 7.55. The number of amides is 1. The van der Waals surface area contributed by atoms with Crippen LogP contribution in [0.2, 0.25) is 0 Å². The van der Waals surface area contributed by atoms with Crippen molar-refractivity contribution >= 4 is 33.4 Å². The van der Waals surface area contributed by atoms with E-state index in [-0.39, 0.29) is 5.91 Å². The fourth-order valence-electron chi connectivity index (χ4n) is 2.92. The third kappa shape index (κ3) is 2.89. The highest BCUT2D eigenvalue weighted by atomic mass is 32.2. The zero-order valence-electron chi connectivity index (χ0n) is 12.6. The van der Waals surface area contributed by atoms with Crippen LogP contribution in [0.5, 0.6) is 0 Å². The summed E-state index contributed by atoms with van der Waals surface area (Å²) >= 11 is 1.68. The molecule has 2 aliphatic heterocycles. The molecule has 1 fully saturated rings. The Morgan fingerprint density at radius 3 is 2.55 bits per heavy atom. The Hall–Kier alpha value is -1.05. The Morgan fingerprint density at radius 1 is 1.14 bits per heavy atom. The van der Waals surface area contributed by atoms with Crippen LogP contribution in [0.15, 0.2) is 28.0 Å². The van der Waals surface area contributed by atoms with Gasteiger partial charge in [0.1, 0.15) is 0 Å². The zero-order chi connectivity index (χ0) is 15.7. The summed E-state index contributed by atoms with van der Waals surface area (Å²) < 4.78 is 26.9. The molecule has 0 N–H and O–H groups in total. The third-order valence-electron chi connectivity index (χ3n) is 4.09. The van der Waals surface area contributed by atoms with E-state index in [4.69, 9.17) is 0 Å². The predicted octanol–water partition coefficient (Wildman–Crippen LogP) is 2.32. The van der Waals surface area contributed by atoms with Crippen molar-refractivity contribution in [1.29, 1.82) is 0 Å². The Kier molecular flexibility index (Phi) is 4.47. The van der Waals surface area contributed by atoms with Crippen molar-refractivity contribution in [2.24, 2.45) is 0 Å². The van der Waals surface area contributed by atoms with Gasteiger partial charge in [0.15, 0.2) is 0 Å². The maximum absolute atomic E-state index is 12.7. The van der Waals surface area contributed by atoms with Crippen LogP contribution in [0.4, 0.5) is 5.69 Å². The summed E-state index contributed by atoms with van der Waals surface area (Å²) in [5.74, 6) is 0.897. The highest BCUT2D eigenvalue weighted by Gasteiger charge is 2.29. The number of nitrogens with zero attached hydrogens (tertiary/aromatic N) is 2. The van der Waals surface area contributed by atoms with E-state index >= 15 is 0 Å². The van der Waals surface area contributed by atoms with E-state index in [0.29, 0.717) is 24.5 Å². The van der Waals surface area contributed by atoms with E-state index in [1.54, 1.807) is 28.8 Å². The number of thioether (sulfide) groups is 1. The van der Waals surface area contributed by atoms with E-state index in [1.807, 2.05) is 6.07 Å². The summed E-state index contributed by atoms with van der Waals surface area (Å²) in [5, 5.41) is 0. The van der Waals surface area contributed by atoms with Crippen LogP contribution >= 0.6 is 11.8 Å². The molecule has 0 unspecified atom stereocenters. The van der Waals surface area contributed by atoms with Gasteiger partial charge in [0, 0.05) is 31.5 Å². The number of benzene rings is 1. The fourth-order valence-corrected chi connectivity index (χ4v) is 5.43. The van der Waals surface area contributed by atoms with E-state index in [1.165, 1.54) is 11.2 Å². The Balaban J connectivity index is 2.03. The summed E-state index contributed by atoms with van der Waals surface area (Å²) in [5.41, 5.74) is 0.732. The van der Waals surface area contributed by atoms with Crippen LogP contribution < -0.4 is 4.90 Å². The number of anilines is 1. The topological polar surface area (TPSA) is 57.7 Å². The number of hydrogen-bond acceptors (Lipinski definition) is 4. The van der Waals surface area contributed by atoms with Gasteiger partial charge in [-0.1, -0.05) is 0 Å². The van der Waals surface area contributed by atoms with Gasteiger partial charge in [-0.25, -0.2) is 8.42 Å². The van der Waals surface area contributed by atoms with Crippen LogP contribution in [0.1, 0.15) is 26.2 Å². The fraction of sp³-hybridized carbons (Fsp3) is 0.533. The SMILES string of the molecule is CC(=O)N1CCCSc2ccc(S(=O)(=O)N3CCCC3)cc21. The molecule has 0 saturated carbocycles. The van der Waals surface area contributed by atoms with E-state index in [0.717, 1.165) is 35.6 Å². The lowest BCUT2D eigenvalue weighted by Gasteiger charge is -2.22. The number of carbonyl (C=O) groups is 1. The molecule has 2 aliphatic rings. The second kappa shape index (κ2) is 6.22. The van der Waals surface area contributed by atoms with Gasteiger partial charge >= 0.3 is 0 Å². The highest BCUT2D eigenvalue weighted by Crippen LogP contribution is 2.36. The second-order valence-corrected chi connectivity index (χ2v) is 8.69. The molecule has 1 amide bonds. The molecule has 0 aliphatic carbocycles. The van der Waals surface area contributed by atoms with Gasteiger partial charge in [0.2, 0.25) is 15.9 Å². The van der Waals surface area contributed by atoms with Crippen molar-refractivity contribution < 1.29 is 13.2 Å². The highest BCUT2D eigenvalue weighted by molar-refractivity contribution is 7.99. The molecular formula is C15H20N2O3S2. The van der Waals surface area contributed by atoms with Crippen molar-refractivity contribution in [3.8, 4) is 0 Å². The largest absolute Gasteiger partial charge is 0.311 e. The third-order valence-corrected chi connectivity index (χ3v) is 7.13. The minimum atomic E-state index is -3.45. The summed E-state index contributed by atoms with van der Waals surface area (Å²) in [6.45, 7) is 3.35. The maximum atomic E-state index is 12.7. The Labute approximate surface area is 135 Å². The molecule has 7 heteroatoms. The minimum absolute atomic E-state index is 0.0422. The van der Waals surface area contributed by atoms with E-state index < -0.39 is 10.0 Å². The number of rotatable bonds is 2. The average molecular weight is 340 g/mol. The lowest BCUT2D eigenvalue weighted by Crippen LogP contribution is -2.30. The minimum Gasteiger partial charge on any atom is -0.311 e. The first-order valence-corrected chi connectivity index (χ1v) is 9.98. The second-order valence-electron chi connectivity index (χ2n) is 5.61. The molecule has 0 radical (unpaired) electrons. The van der Waals surface area contributed by atoms with Gasteiger partial charge in [-0.05, 0) is 43.2 Å². The molecule has 1 aromatic carbocycles. The van der Waals surface area contributed by atoms with Gasteiger partial charge in [-0.2, -0.15) is 4.31 Å². The number of sulfonamides is 1. The van der Waals surface area contributed by atoms with Crippen molar-refractivity contribution in [1.82, 2.24) is 4.31 Å². The van der Waals surface area contributed by atoms with Crippen LogP contribution in [-0.4, -0.2) is 44.0 Å².